The van der Waals surface area contributed by atoms with E-state index >= 15 is 0 Å². The second kappa shape index (κ2) is 15.6. The molecule has 0 bridgehead atoms. The Labute approximate surface area is 268 Å². The van der Waals surface area contributed by atoms with Crippen molar-refractivity contribution in [2.75, 3.05) is 26.9 Å². The summed E-state index contributed by atoms with van der Waals surface area (Å²) in [6.07, 6.45) is 4.87. The van der Waals surface area contributed by atoms with Crippen molar-refractivity contribution in [3.8, 4) is 5.75 Å². The third-order valence-electron chi connectivity index (χ3n) is 6.65. The first-order chi connectivity index (χ1) is 21.5. The van der Waals surface area contributed by atoms with E-state index in [1.807, 2.05) is 51.2 Å². The second-order valence-corrected chi connectivity index (χ2v) is 13.4. The van der Waals surface area contributed by atoms with Crippen molar-refractivity contribution in [2.45, 2.75) is 63.8 Å². The van der Waals surface area contributed by atoms with Crippen LogP contribution in [0.1, 0.15) is 49.6 Å². The van der Waals surface area contributed by atoms with Crippen LogP contribution in [0.4, 0.5) is 0 Å². The Morgan fingerprint density at radius 3 is 2.40 bits per heavy atom. The Morgan fingerprint density at radius 2 is 1.67 bits per heavy atom. The fourth-order valence-corrected chi connectivity index (χ4v) is 5.18. The van der Waals surface area contributed by atoms with Gasteiger partial charge in [-0.05, 0) is 62.4 Å². The Hall–Kier alpha value is -3.62. The van der Waals surface area contributed by atoms with E-state index in [0.717, 1.165) is 36.6 Å². The first-order valence-electron chi connectivity index (χ1n) is 14.4. The van der Waals surface area contributed by atoms with Crippen molar-refractivity contribution >= 4 is 21.7 Å². The number of rotatable bonds is 16. The summed E-state index contributed by atoms with van der Waals surface area (Å²) in [5, 5.41) is 12.6. The highest BCUT2D eigenvalue weighted by atomic mass is 35.5. The molecule has 0 saturated heterocycles. The molecule has 4 aromatic rings. The maximum absolute atomic E-state index is 12.6. The number of hydrogen-bond acceptors (Lipinski definition) is 10. The second-order valence-electron chi connectivity index (χ2n) is 11.3. The average molecular weight is 660 g/mol. The molecule has 14 heteroatoms. The summed E-state index contributed by atoms with van der Waals surface area (Å²) in [6.45, 7) is 8.12. The molecule has 0 spiro atoms. The van der Waals surface area contributed by atoms with E-state index in [2.05, 4.69) is 19.6 Å². The first kappa shape index (κ1) is 34.3. The molecule has 2 heterocycles. The SMILES string of the molecule is COS(=O)(=O)c1ccc(CCCOCCOCc2cn(Cc3cccc(COc4cnn(C(C)(C)C)c(=O)c4Cl)c3)nn2)cc1. The molecule has 0 N–H and O–H groups in total. The number of aryl methyl sites for hydroxylation is 1. The first-order valence-corrected chi connectivity index (χ1v) is 16.2. The highest BCUT2D eigenvalue weighted by Gasteiger charge is 2.20. The molecule has 0 aliphatic rings. The summed E-state index contributed by atoms with van der Waals surface area (Å²) in [5.41, 5.74) is 2.76. The molecule has 0 aliphatic heterocycles. The standard InChI is InChI=1S/C31H38ClN5O7S/c1-31(2,3)37-30(38)29(32)28(18-33-37)44-21-25-8-5-7-24(17-25)19-36-20-26(34-35-36)22-43-16-15-42-14-6-9-23-10-12-27(13-11-23)45(39,40)41-4/h5,7-8,10-13,17-18,20H,6,9,14-16,19,21-22H2,1-4H3. The summed E-state index contributed by atoms with van der Waals surface area (Å²) < 4.78 is 48.1. The fraction of sp³-hybridized carbons (Fsp3) is 0.419. The van der Waals surface area contributed by atoms with Crippen LogP contribution in [0.5, 0.6) is 5.75 Å². The summed E-state index contributed by atoms with van der Waals surface area (Å²) in [7, 11) is -2.53. The number of benzene rings is 2. The predicted molar refractivity (Wildman–Crippen MR) is 168 cm³/mol. The molecular formula is C31H38ClN5O7S. The van der Waals surface area contributed by atoms with E-state index in [-0.39, 0.29) is 22.3 Å². The number of hydrogen-bond donors (Lipinski definition) is 0. The van der Waals surface area contributed by atoms with Gasteiger partial charge >= 0.3 is 0 Å². The van der Waals surface area contributed by atoms with Crippen molar-refractivity contribution in [3.05, 3.63) is 98.7 Å². The van der Waals surface area contributed by atoms with Gasteiger partial charge in [-0.15, -0.1) is 5.10 Å². The number of nitrogens with zero attached hydrogens (tertiary/aromatic N) is 5. The van der Waals surface area contributed by atoms with Crippen LogP contribution >= 0.6 is 11.6 Å². The Bertz CT molecular complexity index is 1720. The molecule has 2 aromatic heterocycles. The van der Waals surface area contributed by atoms with Crippen LogP contribution in [-0.4, -0.2) is 60.1 Å². The van der Waals surface area contributed by atoms with Gasteiger partial charge in [0.05, 0.1) is 56.3 Å². The minimum Gasteiger partial charge on any atom is -0.485 e. The van der Waals surface area contributed by atoms with Gasteiger partial charge in [-0.2, -0.15) is 13.5 Å². The van der Waals surface area contributed by atoms with Crippen molar-refractivity contribution in [1.82, 2.24) is 24.8 Å². The van der Waals surface area contributed by atoms with Gasteiger partial charge in [0.2, 0.25) is 0 Å². The lowest BCUT2D eigenvalue weighted by atomic mass is 10.1. The fourth-order valence-electron chi connectivity index (χ4n) is 4.34. The summed E-state index contributed by atoms with van der Waals surface area (Å²) in [6, 6.07) is 14.5. The van der Waals surface area contributed by atoms with Gasteiger partial charge in [-0.3, -0.25) is 8.98 Å². The van der Waals surface area contributed by atoms with Gasteiger partial charge < -0.3 is 14.2 Å². The van der Waals surface area contributed by atoms with Crippen molar-refractivity contribution in [1.29, 1.82) is 0 Å². The quantitative estimate of drug-likeness (QED) is 0.126. The minimum absolute atomic E-state index is 0.00280. The van der Waals surface area contributed by atoms with Crippen molar-refractivity contribution < 1.29 is 26.8 Å². The molecule has 0 amide bonds. The van der Waals surface area contributed by atoms with Gasteiger partial charge in [-0.25, -0.2) is 9.36 Å². The molecule has 0 unspecified atom stereocenters. The van der Waals surface area contributed by atoms with Crippen LogP contribution in [0.25, 0.3) is 0 Å². The topological polar surface area (TPSA) is 137 Å². The van der Waals surface area contributed by atoms with Crippen LogP contribution in [0.2, 0.25) is 5.02 Å². The maximum Gasteiger partial charge on any atom is 0.296 e. The Balaban J connectivity index is 1.14. The van der Waals surface area contributed by atoms with Gasteiger partial charge in [0.1, 0.15) is 12.3 Å². The summed E-state index contributed by atoms with van der Waals surface area (Å²) in [4.78, 5) is 12.7. The van der Waals surface area contributed by atoms with Crippen LogP contribution in [0.15, 0.2) is 70.6 Å². The van der Waals surface area contributed by atoms with Crippen LogP contribution < -0.4 is 10.3 Å². The lowest BCUT2D eigenvalue weighted by Crippen LogP contribution is -2.36. The predicted octanol–water partition coefficient (Wildman–Crippen LogP) is 4.37. The zero-order valence-corrected chi connectivity index (χ0v) is 27.4. The number of halogens is 1. The molecule has 4 rings (SSSR count). The largest absolute Gasteiger partial charge is 0.485 e. The molecule has 45 heavy (non-hydrogen) atoms. The molecule has 0 atom stereocenters. The minimum atomic E-state index is -3.67. The van der Waals surface area contributed by atoms with E-state index < -0.39 is 21.2 Å². The monoisotopic (exact) mass is 659 g/mol. The smallest absolute Gasteiger partial charge is 0.296 e. The molecule has 12 nitrogen and oxygen atoms in total. The van der Waals surface area contributed by atoms with E-state index in [9.17, 15) is 13.2 Å². The highest BCUT2D eigenvalue weighted by molar-refractivity contribution is 7.86. The highest BCUT2D eigenvalue weighted by Crippen LogP contribution is 2.22. The average Bonchev–Trinajstić information content (AvgIpc) is 3.46. The number of aromatic nitrogens is 5. The van der Waals surface area contributed by atoms with E-state index in [4.69, 9.17) is 25.8 Å². The Morgan fingerprint density at radius 1 is 0.933 bits per heavy atom. The van der Waals surface area contributed by atoms with Crippen LogP contribution in [-0.2, 0) is 55.5 Å². The molecule has 242 valence electrons. The molecule has 0 saturated carbocycles. The van der Waals surface area contributed by atoms with Gasteiger partial charge in [0, 0.05) is 6.61 Å². The van der Waals surface area contributed by atoms with Crippen LogP contribution in [0.3, 0.4) is 0 Å². The summed E-state index contributed by atoms with van der Waals surface area (Å²) in [5.74, 6) is 0.240. The molecule has 0 aliphatic carbocycles. The Kier molecular flexibility index (Phi) is 11.9. The molecule has 2 aromatic carbocycles. The molecular weight excluding hydrogens is 622 g/mol. The van der Waals surface area contributed by atoms with Crippen molar-refractivity contribution in [3.63, 3.8) is 0 Å². The van der Waals surface area contributed by atoms with Crippen LogP contribution in [0, 0.1) is 0 Å². The van der Waals surface area contributed by atoms with Gasteiger partial charge in [0.15, 0.2) is 10.8 Å². The summed E-state index contributed by atoms with van der Waals surface area (Å²) >= 11 is 6.27. The van der Waals surface area contributed by atoms with E-state index in [0.29, 0.717) is 38.7 Å². The number of ether oxygens (including phenoxy) is 3. The zero-order chi connectivity index (χ0) is 32.5. The molecule has 0 fully saturated rings. The third-order valence-corrected chi connectivity index (χ3v) is 8.28. The van der Waals surface area contributed by atoms with Gasteiger partial charge in [-0.1, -0.05) is 53.2 Å². The molecule has 0 radical (unpaired) electrons. The van der Waals surface area contributed by atoms with E-state index in [1.54, 1.807) is 28.9 Å². The lowest BCUT2D eigenvalue weighted by Gasteiger charge is -2.21. The zero-order valence-electron chi connectivity index (χ0n) is 25.8. The normalized spacial score (nSPS) is 12.0. The maximum atomic E-state index is 12.6. The third kappa shape index (κ3) is 9.93. The lowest BCUT2D eigenvalue weighted by molar-refractivity contribution is 0.0388. The van der Waals surface area contributed by atoms with Gasteiger partial charge in [0.25, 0.3) is 15.7 Å². The van der Waals surface area contributed by atoms with E-state index in [1.165, 1.54) is 10.9 Å². The van der Waals surface area contributed by atoms with Crippen molar-refractivity contribution in [2.24, 2.45) is 0 Å².